The van der Waals surface area contributed by atoms with Crippen molar-refractivity contribution in [3.05, 3.63) is 24.2 Å². The van der Waals surface area contributed by atoms with Crippen LogP contribution in [0.2, 0.25) is 0 Å². The summed E-state index contributed by atoms with van der Waals surface area (Å²) in [5.41, 5.74) is 0. The first kappa shape index (κ1) is 11.7. The number of furan rings is 1. The average Bonchev–Trinajstić information content (AvgIpc) is 2.81. The summed E-state index contributed by atoms with van der Waals surface area (Å²) < 4.78 is 5.30. The summed E-state index contributed by atoms with van der Waals surface area (Å²) in [5.74, 6) is 1.02. The number of hydrogen-bond donors (Lipinski definition) is 1. The monoisotopic (exact) mass is 222 g/mol. The lowest BCUT2D eigenvalue weighted by Crippen LogP contribution is -2.41. The molecule has 0 aromatic carbocycles. The lowest BCUT2D eigenvalue weighted by Gasteiger charge is -2.29. The highest BCUT2D eigenvalue weighted by Gasteiger charge is 2.13. The third-order valence-electron chi connectivity index (χ3n) is 3.19. The number of hydrogen-bond acceptors (Lipinski definition) is 3. The normalized spacial score (nSPS) is 19.8. The second-order valence-corrected chi connectivity index (χ2v) is 4.72. The van der Waals surface area contributed by atoms with E-state index in [-0.39, 0.29) is 0 Å². The van der Waals surface area contributed by atoms with Crippen molar-refractivity contribution in [1.82, 2.24) is 10.2 Å². The number of rotatable bonds is 5. The minimum absolute atomic E-state index is 0.531. The van der Waals surface area contributed by atoms with Gasteiger partial charge in [-0.2, -0.15) is 0 Å². The quantitative estimate of drug-likeness (QED) is 0.828. The van der Waals surface area contributed by atoms with Crippen molar-refractivity contribution in [3.8, 4) is 0 Å². The van der Waals surface area contributed by atoms with E-state index in [1.165, 1.54) is 32.4 Å². The van der Waals surface area contributed by atoms with Crippen LogP contribution in [0.15, 0.2) is 22.8 Å². The van der Waals surface area contributed by atoms with E-state index in [0.29, 0.717) is 6.04 Å². The summed E-state index contributed by atoms with van der Waals surface area (Å²) in [6.07, 6.45) is 5.87. The molecule has 1 aromatic heterocycles. The van der Waals surface area contributed by atoms with E-state index in [2.05, 4.69) is 17.1 Å². The molecule has 2 rings (SSSR count). The SMILES string of the molecule is CC(CN1CCCCC1)NCc1ccco1. The molecule has 0 spiro atoms. The Morgan fingerprint density at radius 3 is 2.88 bits per heavy atom. The predicted molar refractivity (Wildman–Crippen MR) is 65.3 cm³/mol. The van der Waals surface area contributed by atoms with Crippen LogP contribution in [0.5, 0.6) is 0 Å². The van der Waals surface area contributed by atoms with Gasteiger partial charge in [0.1, 0.15) is 5.76 Å². The number of nitrogens with zero attached hydrogens (tertiary/aromatic N) is 1. The van der Waals surface area contributed by atoms with Crippen LogP contribution in [-0.4, -0.2) is 30.6 Å². The van der Waals surface area contributed by atoms with Crippen LogP contribution < -0.4 is 5.32 Å². The van der Waals surface area contributed by atoms with Crippen molar-refractivity contribution >= 4 is 0 Å². The molecule has 1 aliphatic rings. The van der Waals surface area contributed by atoms with Gasteiger partial charge in [-0.3, -0.25) is 0 Å². The molecule has 1 atom stereocenters. The molecule has 1 saturated heterocycles. The highest BCUT2D eigenvalue weighted by molar-refractivity contribution is 4.97. The van der Waals surface area contributed by atoms with Gasteiger partial charge < -0.3 is 14.6 Å². The number of nitrogens with one attached hydrogen (secondary N) is 1. The van der Waals surface area contributed by atoms with Gasteiger partial charge in [-0.1, -0.05) is 6.42 Å². The fourth-order valence-electron chi connectivity index (χ4n) is 2.28. The van der Waals surface area contributed by atoms with E-state index in [4.69, 9.17) is 4.42 Å². The first-order valence-electron chi connectivity index (χ1n) is 6.33. The van der Waals surface area contributed by atoms with E-state index in [1.807, 2.05) is 12.1 Å². The summed E-state index contributed by atoms with van der Waals surface area (Å²) in [7, 11) is 0. The molecule has 2 heterocycles. The molecule has 3 nitrogen and oxygen atoms in total. The van der Waals surface area contributed by atoms with Gasteiger partial charge in [0.25, 0.3) is 0 Å². The van der Waals surface area contributed by atoms with Crippen LogP contribution in [0.3, 0.4) is 0 Å². The van der Waals surface area contributed by atoms with E-state index in [9.17, 15) is 0 Å². The van der Waals surface area contributed by atoms with Gasteiger partial charge in [0, 0.05) is 12.6 Å². The molecule has 0 radical (unpaired) electrons. The molecule has 90 valence electrons. The highest BCUT2D eigenvalue weighted by atomic mass is 16.3. The number of piperidine rings is 1. The van der Waals surface area contributed by atoms with Crippen molar-refractivity contribution in [1.29, 1.82) is 0 Å². The lowest BCUT2D eigenvalue weighted by atomic mass is 10.1. The maximum Gasteiger partial charge on any atom is 0.117 e. The Labute approximate surface area is 97.8 Å². The number of likely N-dealkylation sites (tertiary alicyclic amines) is 1. The average molecular weight is 222 g/mol. The van der Waals surface area contributed by atoms with Crippen LogP contribution in [0.25, 0.3) is 0 Å². The Balaban J connectivity index is 1.65. The van der Waals surface area contributed by atoms with Crippen molar-refractivity contribution < 1.29 is 4.42 Å². The maximum absolute atomic E-state index is 5.30. The molecule has 1 aliphatic heterocycles. The van der Waals surface area contributed by atoms with Gasteiger partial charge in [-0.15, -0.1) is 0 Å². The van der Waals surface area contributed by atoms with Crippen LogP contribution in [0.4, 0.5) is 0 Å². The van der Waals surface area contributed by atoms with Gasteiger partial charge in [-0.25, -0.2) is 0 Å². The first-order chi connectivity index (χ1) is 7.84. The second-order valence-electron chi connectivity index (χ2n) is 4.72. The smallest absolute Gasteiger partial charge is 0.117 e. The largest absolute Gasteiger partial charge is 0.468 e. The zero-order chi connectivity index (χ0) is 11.2. The molecule has 3 heteroatoms. The van der Waals surface area contributed by atoms with Crippen LogP contribution >= 0.6 is 0 Å². The van der Waals surface area contributed by atoms with Crippen LogP contribution in [-0.2, 0) is 6.54 Å². The van der Waals surface area contributed by atoms with Crippen LogP contribution in [0.1, 0.15) is 31.9 Å². The molecule has 0 amide bonds. The van der Waals surface area contributed by atoms with E-state index in [0.717, 1.165) is 18.8 Å². The fourth-order valence-corrected chi connectivity index (χ4v) is 2.28. The van der Waals surface area contributed by atoms with Crippen LogP contribution in [0, 0.1) is 0 Å². The maximum atomic E-state index is 5.30. The first-order valence-corrected chi connectivity index (χ1v) is 6.33. The molecule has 1 aromatic rings. The Bertz CT molecular complexity index is 278. The molecule has 0 bridgehead atoms. The molecular formula is C13H22N2O. The molecule has 1 unspecified atom stereocenters. The van der Waals surface area contributed by atoms with Gasteiger partial charge >= 0.3 is 0 Å². The summed E-state index contributed by atoms with van der Waals surface area (Å²) in [5, 5.41) is 3.50. The standard InChI is InChI=1S/C13H22N2O/c1-12(11-15-7-3-2-4-8-15)14-10-13-6-5-9-16-13/h5-6,9,12,14H,2-4,7-8,10-11H2,1H3. The zero-order valence-corrected chi connectivity index (χ0v) is 10.1. The Morgan fingerprint density at radius 1 is 1.38 bits per heavy atom. The molecule has 1 N–H and O–H groups in total. The van der Waals surface area contributed by atoms with E-state index in [1.54, 1.807) is 6.26 Å². The Hall–Kier alpha value is -0.800. The summed E-state index contributed by atoms with van der Waals surface area (Å²) in [6.45, 7) is 6.78. The second kappa shape index (κ2) is 6.06. The molecule has 1 fully saturated rings. The minimum atomic E-state index is 0.531. The van der Waals surface area contributed by atoms with Crippen molar-refractivity contribution in [2.24, 2.45) is 0 Å². The molecule has 0 saturated carbocycles. The predicted octanol–water partition coefficient (Wildman–Crippen LogP) is 2.24. The third kappa shape index (κ3) is 3.65. The van der Waals surface area contributed by atoms with Gasteiger partial charge in [0.2, 0.25) is 0 Å². The van der Waals surface area contributed by atoms with Gasteiger partial charge in [0.05, 0.1) is 12.8 Å². The fraction of sp³-hybridized carbons (Fsp3) is 0.692. The van der Waals surface area contributed by atoms with E-state index < -0.39 is 0 Å². The summed E-state index contributed by atoms with van der Waals surface area (Å²) >= 11 is 0. The van der Waals surface area contributed by atoms with E-state index >= 15 is 0 Å². The minimum Gasteiger partial charge on any atom is -0.468 e. The lowest BCUT2D eigenvalue weighted by molar-refractivity contribution is 0.208. The summed E-state index contributed by atoms with van der Waals surface area (Å²) in [4.78, 5) is 2.56. The Morgan fingerprint density at radius 2 is 2.19 bits per heavy atom. The van der Waals surface area contributed by atoms with Crippen molar-refractivity contribution in [2.75, 3.05) is 19.6 Å². The Kier molecular flexibility index (Phi) is 4.43. The zero-order valence-electron chi connectivity index (χ0n) is 10.1. The molecule has 0 aliphatic carbocycles. The third-order valence-corrected chi connectivity index (χ3v) is 3.19. The summed E-state index contributed by atoms with van der Waals surface area (Å²) in [6, 6.07) is 4.48. The molecule has 16 heavy (non-hydrogen) atoms. The van der Waals surface area contributed by atoms with Crippen molar-refractivity contribution in [2.45, 2.75) is 38.8 Å². The molecular weight excluding hydrogens is 200 g/mol. The van der Waals surface area contributed by atoms with Gasteiger partial charge in [-0.05, 0) is 45.0 Å². The highest BCUT2D eigenvalue weighted by Crippen LogP contribution is 2.09. The topological polar surface area (TPSA) is 28.4 Å². The van der Waals surface area contributed by atoms with Gasteiger partial charge in [0.15, 0.2) is 0 Å². The van der Waals surface area contributed by atoms with Crippen molar-refractivity contribution in [3.63, 3.8) is 0 Å².